The van der Waals surface area contributed by atoms with Gasteiger partial charge in [-0.1, -0.05) is 36.4 Å². The van der Waals surface area contributed by atoms with Crippen LogP contribution < -0.4 is 5.32 Å². The molecule has 1 heterocycles. The summed E-state index contributed by atoms with van der Waals surface area (Å²) in [6.07, 6.45) is 2.15. The van der Waals surface area contributed by atoms with Crippen LogP contribution in [0.5, 0.6) is 0 Å². The predicted molar refractivity (Wildman–Crippen MR) is 69.6 cm³/mol. The molecule has 0 spiro atoms. The van der Waals surface area contributed by atoms with Crippen molar-refractivity contribution < 1.29 is 0 Å². The van der Waals surface area contributed by atoms with Crippen molar-refractivity contribution in [1.29, 1.82) is 0 Å². The number of fused-ring (bicyclic) bond motifs is 1. The van der Waals surface area contributed by atoms with E-state index >= 15 is 0 Å². The average Bonchev–Trinajstić information content (AvgIpc) is 2.57. The second-order valence-electron chi connectivity index (χ2n) is 3.90. The molecule has 84 valence electrons. The van der Waals surface area contributed by atoms with Gasteiger partial charge in [0.15, 0.2) is 0 Å². The van der Waals surface area contributed by atoms with Gasteiger partial charge in [0, 0.05) is 42.3 Å². The molecule has 1 aromatic carbocycles. The molecule has 3 heteroatoms. The number of hydrogen-bond donors (Lipinski definition) is 1. The first-order chi connectivity index (χ1) is 7.68. The molecule has 1 aromatic heterocycles. The number of benzene rings is 1. The second-order valence-corrected chi connectivity index (χ2v) is 4.44. The zero-order valence-electron chi connectivity index (χ0n) is 9.33. The fourth-order valence-electron chi connectivity index (χ4n) is 1.90. The summed E-state index contributed by atoms with van der Waals surface area (Å²) in [6, 6.07) is 8.38. The van der Waals surface area contributed by atoms with Gasteiger partial charge in [-0.15, -0.1) is 0 Å². The third-order valence-corrected chi connectivity index (χ3v) is 2.75. The maximum atomic E-state index is 5.71. The van der Waals surface area contributed by atoms with Gasteiger partial charge in [-0.25, -0.2) is 0 Å². The van der Waals surface area contributed by atoms with Crippen LogP contribution in [0.15, 0.2) is 42.1 Å². The molecule has 16 heavy (non-hydrogen) atoms. The number of hydrogen-bond acceptors (Lipinski definition) is 1. The summed E-state index contributed by atoms with van der Waals surface area (Å²) in [7, 11) is 2.06. The molecule has 1 N–H and O–H groups in total. The van der Waals surface area contributed by atoms with Gasteiger partial charge < -0.3 is 9.88 Å². The Morgan fingerprint density at radius 3 is 2.94 bits per heavy atom. The molecule has 0 aliphatic rings. The van der Waals surface area contributed by atoms with Crippen molar-refractivity contribution in [3.63, 3.8) is 0 Å². The molecule has 2 nitrogen and oxygen atoms in total. The standard InChI is InChI=1S/C13H15ClN2/c1-10(14)7-15-8-11-9-16(2)13-6-4-3-5-12(11)13/h3-6,9,15H,1,7-8H2,2H3. The van der Waals surface area contributed by atoms with Crippen LogP contribution in [0.2, 0.25) is 0 Å². The third-order valence-electron chi connectivity index (χ3n) is 2.61. The van der Waals surface area contributed by atoms with Crippen LogP contribution in [0.25, 0.3) is 10.9 Å². The largest absolute Gasteiger partial charge is 0.350 e. The minimum Gasteiger partial charge on any atom is -0.350 e. The lowest BCUT2D eigenvalue weighted by Gasteiger charge is -2.01. The van der Waals surface area contributed by atoms with Crippen molar-refractivity contribution in [3.8, 4) is 0 Å². The molecular formula is C13H15ClN2. The van der Waals surface area contributed by atoms with Gasteiger partial charge in [0.1, 0.15) is 0 Å². The van der Waals surface area contributed by atoms with Crippen LogP contribution in [-0.4, -0.2) is 11.1 Å². The molecule has 2 aromatic rings. The van der Waals surface area contributed by atoms with Crippen molar-refractivity contribution in [2.45, 2.75) is 6.54 Å². The van der Waals surface area contributed by atoms with Crippen LogP contribution in [-0.2, 0) is 13.6 Å². The van der Waals surface area contributed by atoms with E-state index in [4.69, 9.17) is 11.6 Å². The summed E-state index contributed by atoms with van der Waals surface area (Å²) in [5.74, 6) is 0. The second kappa shape index (κ2) is 4.73. The highest BCUT2D eigenvalue weighted by molar-refractivity contribution is 6.29. The van der Waals surface area contributed by atoms with Crippen LogP contribution in [0.1, 0.15) is 5.56 Å². The molecule has 0 fully saturated rings. The van der Waals surface area contributed by atoms with Gasteiger partial charge in [-0.2, -0.15) is 0 Å². The Labute approximate surface area is 101 Å². The molecule has 0 amide bonds. The molecule has 0 bridgehead atoms. The van der Waals surface area contributed by atoms with E-state index in [0.717, 1.165) is 6.54 Å². The van der Waals surface area contributed by atoms with Gasteiger partial charge in [0.2, 0.25) is 0 Å². The number of nitrogens with one attached hydrogen (secondary N) is 1. The normalized spacial score (nSPS) is 10.9. The number of aromatic nitrogens is 1. The summed E-state index contributed by atoms with van der Waals surface area (Å²) >= 11 is 5.71. The monoisotopic (exact) mass is 234 g/mol. The van der Waals surface area contributed by atoms with Crippen LogP contribution >= 0.6 is 11.6 Å². The van der Waals surface area contributed by atoms with Crippen molar-refractivity contribution in [2.24, 2.45) is 7.05 Å². The lowest BCUT2D eigenvalue weighted by molar-refractivity contribution is 0.755. The number of halogens is 1. The quantitative estimate of drug-likeness (QED) is 0.861. The van der Waals surface area contributed by atoms with E-state index in [-0.39, 0.29) is 0 Å². The minimum absolute atomic E-state index is 0.639. The highest BCUT2D eigenvalue weighted by atomic mass is 35.5. The molecule has 0 atom stereocenters. The van der Waals surface area contributed by atoms with Gasteiger partial charge in [0.05, 0.1) is 0 Å². The predicted octanol–water partition coefficient (Wildman–Crippen LogP) is 3.02. The Morgan fingerprint density at radius 1 is 1.44 bits per heavy atom. The zero-order chi connectivity index (χ0) is 11.5. The number of para-hydroxylation sites is 1. The summed E-state index contributed by atoms with van der Waals surface area (Å²) in [5, 5.41) is 5.19. The van der Waals surface area contributed by atoms with Gasteiger partial charge >= 0.3 is 0 Å². The van der Waals surface area contributed by atoms with Crippen molar-refractivity contribution in [3.05, 3.63) is 47.6 Å². The molecule has 2 rings (SSSR count). The lowest BCUT2D eigenvalue weighted by atomic mass is 10.2. The van der Waals surface area contributed by atoms with Gasteiger partial charge in [-0.05, 0) is 11.6 Å². The van der Waals surface area contributed by atoms with E-state index in [0.29, 0.717) is 11.6 Å². The number of rotatable bonds is 4. The van der Waals surface area contributed by atoms with Crippen molar-refractivity contribution in [1.82, 2.24) is 9.88 Å². The van der Waals surface area contributed by atoms with Crippen LogP contribution in [0.4, 0.5) is 0 Å². The molecule has 0 saturated carbocycles. The summed E-state index contributed by atoms with van der Waals surface area (Å²) in [5.41, 5.74) is 2.54. The van der Waals surface area contributed by atoms with Crippen LogP contribution in [0, 0.1) is 0 Å². The van der Waals surface area contributed by atoms with Crippen molar-refractivity contribution in [2.75, 3.05) is 6.54 Å². The average molecular weight is 235 g/mol. The third kappa shape index (κ3) is 2.29. The fraction of sp³-hybridized carbons (Fsp3) is 0.231. The van der Waals surface area contributed by atoms with Crippen LogP contribution in [0.3, 0.4) is 0 Å². The first-order valence-corrected chi connectivity index (χ1v) is 5.63. The first kappa shape index (κ1) is 11.2. The molecule has 0 aliphatic heterocycles. The van der Waals surface area contributed by atoms with E-state index in [9.17, 15) is 0 Å². The van der Waals surface area contributed by atoms with E-state index in [1.807, 2.05) is 0 Å². The Kier molecular flexibility index (Phi) is 3.32. The molecule has 0 aliphatic carbocycles. The smallest absolute Gasteiger partial charge is 0.0481 e. The Morgan fingerprint density at radius 2 is 2.19 bits per heavy atom. The lowest BCUT2D eigenvalue weighted by Crippen LogP contribution is -2.14. The molecular weight excluding hydrogens is 220 g/mol. The number of nitrogens with zero attached hydrogens (tertiary/aromatic N) is 1. The van der Waals surface area contributed by atoms with Gasteiger partial charge in [0.25, 0.3) is 0 Å². The number of aryl methyl sites for hydroxylation is 1. The van der Waals surface area contributed by atoms with E-state index in [1.54, 1.807) is 0 Å². The Hall–Kier alpha value is -1.25. The fourth-order valence-corrected chi connectivity index (χ4v) is 1.99. The highest BCUT2D eigenvalue weighted by Crippen LogP contribution is 2.19. The molecule has 0 radical (unpaired) electrons. The summed E-state index contributed by atoms with van der Waals surface area (Å²) in [4.78, 5) is 0. The molecule has 0 unspecified atom stereocenters. The first-order valence-electron chi connectivity index (χ1n) is 5.25. The maximum absolute atomic E-state index is 5.71. The summed E-state index contributed by atoms with van der Waals surface area (Å²) in [6.45, 7) is 5.11. The van der Waals surface area contributed by atoms with Crippen molar-refractivity contribution >= 4 is 22.5 Å². The SMILES string of the molecule is C=C(Cl)CNCc1cn(C)c2ccccc12. The van der Waals surface area contributed by atoms with E-state index in [1.165, 1.54) is 16.5 Å². The van der Waals surface area contributed by atoms with Gasteiger partial charge in [-0.3, -0.25) is 0 Å². The summed E-state index contributed by atoms with van der Waals surface area (Å²) < 4.78 is 2.14. The van der Waals surface area contributed by atoms with E-state index in [2.05, 4.69) is 54.0 Å². The molecule has 0 saturated heterocycles. The minimum atomic E-state index is 0.639. The van der Waals surface area contributed by atoms with E-state index < -0.39 is 0 Å². The zero-order valence-corrected chi connectivity index (χ0v) is 10.1. The topological polar surface area (TPSA) is 17.0 Å². The Bertz CT molecular complexity index is 514. The Balaban J connectivity index is 2.21. The highest BCUT2D eigenvalue weighted by Gasteiger charge is 2.04. The maximum Gasteiger partial charge on any atom is 0.0481 e.